The molecular formula is C8H11O. The van der Waals surface area contributed by atoms with Crippen molar-refractivity contribution in [3.05, 3.63) is 24.5 Å². The Morgan fingerprint density at radius 2 is 2.56 bits per heavy atom. The molecule has 0 saturated carbocycles. The highest BCUT2D eigenvalue weighted by molar-refractivity contribution is 5.00. The Morgan fingerprint density at radius 3 is 3.00 bits per heavy atom. The summed E-state index contributed by atoms with van der Waals surface area (Å²) in [5, 5.41) is 10.5. The SMILES string of the molecule is C=C([O])CC1C=CCC1. The van der Waals surface area contributed by atoms with Gasteiger partial charge in [-0.1, -0.05) is 18.7 Å². The summed E-state index contributed by atoms with van der Waals surface area (Å²) in [5.74, 6) is 0.557. The van der Waals surface area contributed by atoms with Gasteiger partial charge in [0.15, 0.2) is 0 Å². The highest BCUT2D eigenvalue weighted by Gasteiger charge is 2.09. The molecule has 1 aliphatic carbocycles. The van der Waals surface area contributed by atoms with E-state index < -0.39 is 0 Å². The van der Waals surface area contributed by atoms with Crippen LogP contribution >= 0.6 is 0 Å². The fourth-order valence-electron chi connectivity index (χ4n) is 1.16. The Hall–Kier alpha value is -0.720. The minimum absolute atomic E-state index is 0.0616. The van der Waals surface area contributed by atoms with E-state index in [-0.39, 0.29) is 5.76 Å². The second kappa shape index (κ2) is 2.72. The zero-order valence-electron chi connectivity index (χ0n) is 5.47. The van der Waals surface area contributed by atoms with Gasteiger partial charge in [0.05, 0.1) is 0 Å². The van der Waals surface area contributed by atoms with E-state index in [0.717, 1.165) is 12.8 Å². The molecule has 0 spiro atoms. The number of hydrogen-bond donors (Lipinski definition) is 0. The average molecular weight is 123 g/mol. The summed E-state index contributed by atoms with van der Waals surface area (Å²) >= 11 is 0. The molecular weight excluding hydrogens is 112 g/mol. The molecule has 0 amide bonds. The lowest BCUT2D eigenvalue weighted by Gasteiger charge is -2.01. The van der Waals surface area contributed by atoms with Gasteiger partial charge in [-0.3, -0.25) is 5.11 Å². The molecule has 49 valence electrons. The molecule has 0 saturated heterocycles. The largest absolute Gasteiger partial charge is 0.296 e. The van der Waals surface area contributed by atoms with E-state index in [2.05, 4.69) is 18.7 Å². The molecule has 1 unspecified atom stereocenters. The summed E-state index contributed by atoms with van der Waals surface area (Å²) < 4.78 is 0. The fraction of sp³-hybridized carbons (Fsp3) is 0.500. The van der Waals surface area contributed by atoms with Crippen LogP contribution in [0.15, 0.2) is 24.5 Å². The first-order valence-corrected chi connectivity index (χ1v) is 3.30. The number of hydrogen-bond acceptors (Lipinski definition) is 0. The van der Waals surface area contributed by atoms with Crippen molar-refractivity contribution in [1.82, 2.24) is 0 Å². The number of rotatable bonds is 2. The van der Waals surface area contributed by atoms with Crippen molar-refractivity contribution in [3.8, 4) is 0 Å². The molecule has 1 aliphatic rings. The highest BCUT2D eigenvalue weighted by Crippen LogP contribution is 2.22. The van der Waals surface area contributed by atoms with Crippen LogP contribution in [-0.2, 0) is 5.11 Å². The summed E-state index contributed by atoms with van der Waals surface area (Å²) in [7, 11) is 0. The van der Waals surface area contributed by atoms with E-state index >= 15 is 0 Å². The molecule has 0 aromatic heterocycles. The predicted octanol–water partition coefficient (Wildman–Crippen LogP) is 2.29. The molecule has 0 aromatic carbocycles. The first-order valence-electron chi connectivity index (χ1n) is 3.30. The van der Waals surface area contributed by atoms with Crippen molar-refractivity contribution in [2.45, 2.75) is 19.3 Å². The van der Waals surface area contributed by atoms with E-state index in [4.69, 9.17) is 0 Å². The van der Waals surface area contributed by atoms with Crippen molar-refractivity contribution in [1.29, 1.82) is 0 Å². The molecule has 0 aromatic rings. The minimum Gasteiger partial charge on any atom is -0.296 e. The second-order valence-corrected chi connectivity index (χ2v) is 2.51. The third kappa shape index (κ3) is 1.92. The van der Waals surface area contributed by atoms with Gasteiger partial charge in [-0.25, -0.2) is 0 Å². The van der Waals surface area contributed by atoms with Crippen molar-refractivity contribution < 1.29 is 5.11 Å². The predicted molar refractivity (Wildman–Crippen MR) is 36.3 cm³/mol. The minimum atomic E-state index is 0.0616. The van der Waals surface area contributed by atoms with Crippen LogP contribution in [-0.4, -0.2) is 0 Å². The van der Waals surface area contributed by atoms with E-state index in [1.54, 1.807) is 0 Å². The average Bonchev–Trinajstić information content (AvgIpc) is 2.15. The maximum Gasteiger partial charge on any atom is 0.149 e. The van der Waals surface area contributed by atoms with E-state index in [0.29, 0.717) is 12.3 Å². The maximum absolute atomic E-state index is 10.5. The summed E-state index contributed by atoms with van der Waals surface area (Å²) in [4.78, 5) is 0. The Kier molecular flexibility index (Phi) is 1.93. The van der Waals surface area contributed by atoms with Crippen molar-refractivity contribution >= 4 is 0 Å². The third-order valence-corrected chi connectivity index (χ3v) is 1.60. The summed E-state index contributed by atoms with van der Waals surface area (Å²) in [6, 6.07) is 0. The lowest BCUT2D eigenvalue weighted by molar-refractivity contribution is 0.271. The van der Waals surface area contributed by atoms with Crippen LogP contribution in [0.4, 0.5) is 0 Å². The zero-order chi connectivity index (χ0) is 6.69. The van der Waals surface area contributed by atoms with Gasteiger partial charge in [-0.2, -0.15) is 0 Å². The fourth-order valence-corrected chi connectivity index (χ4v) is 1.16. The van der Waals surface area contributed by atoms with Crippen molar-refractivity contribution in [2.75, 3.05) is 0 Å². The van der Waals surface area contributed by atoms with Gasteiger partial charge in [0.1, 0.15) is 5.76 Å². The van der Waals surface area contributed by atoms with Gasteiger partial charge >= 0.3 is 0 Å². The molecule has 1 heteroatoms. The third-order valence-electron chi connectivity index (χ3n) is 1.60. The first kappa shape index (κ1) is 6.40. The second-order valence-electron chi connectivity index (χ2n) is 2.51. The van der Waals surface area contributed by atoms with Crippen LogP contribution in [0, 0.1) is 5.92 Å². The Labute approximate surface area is 55.7 Å². The Bertz CT molecular complexity index is 136. The standard InChI is InChI=1S/C8H11O/c1-7(9)6-8-4-2-3-5-8/h2,4,8H,1,3,5-6H2. The van der Waals surface area contributed by atoms with Gasteiger partial charge in [-0.15, -0.1) is 0 Å². The van der Waals surface area contributed by atoms with Gasteiger partial charge < -0.3 is 0 Å². The molecule has 1 nitrogen and oxygen atoms in total. The van der Waals surface area contributed by atoms with Crippen LogP contribution in [0.2, 0.25) is 0 Å². The van der Waals surface area contributed by atoms with Gasteiger partial charge in [-0.05, 0) is 18.8 Å². The van der Waals surface area contributed by atoms with Crippen LogP contribution in [0.3, 0.4) is 0 Å². The van der Waals surface area contributed by atoms with Crippen LogP contribution in [0.1, 0.15) is 19.3 Å². The molecule has 9 heavy (non-hydrogen) atoms. The lowest BCUT2D eigenvalue weighted by atomic mass is 10.1. The molecule has 0 heterocycles. The summed E-state index contributed by atoms with van der Waals surface area (Å²) in [6.07, 6.45) is 7.16. The Balaban J connectivity index is 2.28. The molecule has 1 atom stereocenters. The van der Waals surface area contributed by atoms with Crippen molar-refractivity contribution in [3.63, 3.8) is 0 Å². The van der Waals surface area contributed by atoms with Gasteiger partial charge in [0.2, 0.25) is 0 Å². The summed E-state index contributed by atoms with van der Waals surface area (Å²) in [5.41, 5.74) is 0. The molecule has 0 fully saturated rings. The summed E-state index contributed by atoms with van der Waals surface area (Å²) in [6.45, 7) is 3.33. The molecule has 0 bridgehead atoms. The molecule has 1 rings (SSSR count). The number of allylic oxidation sites excluding steroid dienone is 3. The maximum atomic E-state index is 10.5. The lowest BCUT2D eigenvalue weighted by Crippen LogP contribution is -1.91. The molecule has 0 N–H and O–H groups in total. The van der Waals surface area contributed by atoms with E-state index in [1.807, 2.05) is 0 Å². The smallest absolute Gasteiger partial charge is 0.149 e. The molecule has 0 aliphatic heterocycles. The zero-order valence-corrected chi connectivity index (χ0v) is 5.47. The van der Waals surface area contributed by atoms with Crippen molar-refractivity contribution in [2.24, 2.45) is 5.92 Å². The van der Waals surface area contributed by atoms with Crippen LogP contribution in [0.25, 0.3) is 0 Å². The Morgan fingerprint density at radius 1 is 1.78 bits per heavy atom. The van der Waals surface area contributed by atoms with Crippen LogP contribution < -0.4 is 0 Å². The van der Waals surface area contributed by atoms with E-state index in [9.17, 15) is 5.11 Å². The quantitative estimate of drug-likeness (QED) is 0.396. The van der Waals surface area contributed by atoms with Crippen LogP contribution in [0.5, 0.6) is 0 Å². The first-order chi connectivity index (χ1) is 4.29. The highest BCUT2D eigenvalue weighted by atomic mass is 16.3. The van der Waals surface area contributed by atoms with Gasteiger partial charge in [0.25, 0.3) is 0 Å². The van der Waals surface area contributed by atoms with E-state index in [1.165, 1.54) is 0 Å². The normalized spacial score (nSPS) is 24.7. The monoisotopic (exact) mass is 123 g/mol. The van der Waals surface area contributed by atoms with Gasteiger partial charge in [0, 0.05) is 6.42 Å². The molecule has 1 radical (unpaired) electrons. The topological polar surface area (TPSA) is 19.9 Å².